The van der Waals surface area contributed by atoms with Crippen LogP contribution in [0.15, 0.2) is 85.1 Å². The van der Waals surface area contributed by atoms with Crippen molar-refractivity contribution in [1.29, 1.82) is 0 Å². The fourth-order valence-electron chi connectivity index (χ4n) is 5.64. The lowest BCUT2D eigenvalue weighted by Gasteiger charge is -2.31. The molecule has 0 aromatic carbocycles. The molecule has 0 saturated heterocycles. The van der Waals surface area contributed by atoms with Crippen LogP contribution in [0.4, 0.5) is 0 Å². The summed E-state index contributed by atoms with van der Waals surface area (Å²) in [4.78, 5) is 36.9. The maximum Gasteiger partial charge on any atom is 0.362 e. The fourth-order valence-corrected chi connectivity index (χ4v) is 5.64. The summed E-state index contributed by atoms with van der Waals surface area (Å²) in [5, 5.41) is 9.60. The zero-order chi connectivity index (χ0) is 40.7. The third-order valence-electron chi connectivity index (χ3n) is 8.93. The highest BCUT2D eigenvalue weighted by atomic mass is 16.6. The molecule has 2 atom stereocenters. The van der Waals surface area contributed by atoms with Gasteiger partial charge in [0, 0.05) is 19.3 Å². The molecule has 0 aromatic rings. The number of hydrogen-bond donors (Lipinski definition) is 1. The second kappa shape index (κ2) is 37.4. The van der Waals surface area contributed by atoms with E-state index in [2.05, 4.69) is 44.2 Å². The summed E-state index contributed by atoms with van der Waals surface area (Å²) in [5.41, 5.74) is 0. The monoisotopic (exact) mass is 769 g/mol. The standard InChI is InChI=1S/C47H77NO7/c1-6-8-10-12-14-16-18-20-21-22-23-24-26-28-30-32-34-36-38-46(50)55-43(41-53-40-39-44(47(51)52)48(3,4)5)42-54-45(49)37-35-33-31-29-27-25-19-17-15-13-11-9-7-2/h9,11,13,15,17,19,21-25,27,29,31,43-44H,6-8,10,12,14,16,18,20,26,28,30,32-42H2,1-5H3/p+1/b11-9+,15-13+,19-17+,22-21+,24-23+,27-25+,31-29+. The lowest BCUT2D eigenvalue weighted by Crippen LogP contribution is -2.50. The summed E-state index contributed by atoms with van der Waals surface area (Å²) >= 11 is 0. The van der Waals surface area contributed by atoms with E-state index >= 15 is 0 Å². The maximum absolute atomic E-state index is 12.7. The molecule has 0 fully saturated rings. The zero-order valence-electron chi connectivity index (χ0n) is 35.3. The first-order valence-corrected chi connectivity index (χ1v) is 21.2. The second-order valence-corrected chi connectivity index (χ2v) is 15.0. The fraction of sp³-hybridized carbons (Fsp3) is 0.638. The first-order chi connectivity index (χ1) is 26.6. The van der Waals surface area contributed by atoms with Crippen molar-refractivity contribution in [3.63, 3.8) is 0 Å². The predicted molar refractivity (Wildman–Crippen MR) is 229 cm³/mol. The number of carboxylic acid groups (broad SMARTS) is 1. The van der Waals surface area contributed by atoms with Crippen LogP contribution in [0.2, 0.25) is 0 Å². The highest BCUT2D eigenvalue weighted by Gasteiger charge is 2.31. The number of ether oxygens (including phenoxy) is 3. The van der Waals surface area contributed by atoms with Crippen LogP contribution in [0, 0.1) is 0 Å². The Morgan fingerprint density at radius 1 is 0.564 bits per heavy atom. The molecular formula is C47H78NO7+. The molecule has 0 aliphatic rings. The van der Waals surface area contributed by atoms with Gasteiger partial charge in [0.1, 0.15) is 6.61 Å². The molecule has 0 rings (SSSR count). The predicted octanol–water partition coefficient (Wildman–Crippen LogP) is 11.4. The largest absolute Gasteiger partial charge is 0.477 e. The third-order valence-corrected chi connectivity index (χ3v) is 8.93. The van der Waals surface area contributed by atoms with E-state index in [0.717, 1.165) is 57.8 Å². The van der Waals surface area contributed by atoms with E-state index in [1.54, 1.807) is 0 Å². The molecule has 2 unspecified atom stereocenters. The van der Waals surface area contributed by atoms with Crippen molar-refractivity contribution in [2.24, 2.45) is 0 Å². The number of likely N-dealkylation sites (N-methyl/N-ethyl adjacent to an activating group) is 1. The topological polar surface area (TPSA) is 99.1 Å². The SMILES string of the molecule is CC/C=C/C=C/C=C/C=C/C=C/CCCC(=O)OCC(COCCC(C(=O)O)[N+](C)(C)C)OC(=O)CCCCCCC/C=C/C=C/CCCCCCCCC. The summed E-state index contributed by atoms with van der Waals surface area (Å²) in [6.07, 6.45) is 47.8. The van der Waals surface area contributed by atoms with Gasteiger partial charge in [0.05, 0.1) is 34.4 Å². The zero-order valence-corrected chi connectivity index (χ0v) is 35.3. The first-order valence-electron chi connectivity index (χ1n) is 21.2. The van der Waals surface area contributed by atoms with Crippen LogP contribution in [-0.4, -0.2) is 80.6 Å². The van der Waals surface area contributed by atoms with Crippen LogP contribution >= 0.6 is 0 Å². The summed E-state index contributed by atoms with van der Waals surface area (Å²) in [6.45, 7) is 4.47. The van der Waals surface area contributed by atoms with Crippen molar-refractivity contribution >= 4 is 17.9 Å². The van der Waals surface area contributed by atoms with Crippen molar-refractivity contribution in [3.05, 3.63) is 85.1 Å². The van der Waals surface area contributed by atoms with E-state index in [-0.39, 0.29) is 42.7 Å². The molecule has 0 spiro atoms. The average molecular weight is 769 g/mol. The van der Waals surface area contributed by atoms with Gasteiger partial charge in [0.2, 0.25) is 0 Å². The smallest absolute Gasteiger partial charge is 0.362 e. The van der Waals surface area contributed by atoms with Gasteiger partial charge in [0.15, 0.2) is 12.1 Å². The highest BCUT2D eigenvalue weighted by Crippen LogP contribution is 2.12. The Bertz CT molecular complexity index is 1170. The van der Waals surface area contributed by atoms with E-state index in [0.29, 0.717) is 19.3 Å². The lowest BCUT2D eigenvalue weighted by molar-refractivity contribution is -0.887. The number of aliphatic carboxylic acids is 1. The van der Waals surface area contributed by atoms with E-state index in [1.807, 2.05) is 75.8 Å². The minimum atomic E-state index is -0.892. The van der Waals surface area contributed by atoms with Gasteiger partial charge in [-0.3, -0.25) is 9.59 Å². The number of quaternary nitrogens is 1. The number of hydrogen-bond acceptors (Lipinski definition) is 6. The maximum atomic E-state index is 12.7. The normalized spacial score (nSPS) is 13.8. The van der Waals surface area contributed by atoms with E-state index < -0.39 is 18.1 Å². The van der Waals surface area contributed by atoms with Crippen molar-refractivity contribution in [2.75, 3.05) is 41.0 Å². The summed E-state index contributed by atoms with van der Waals surface area (Å²) < 4.78 is 17.1. The molecule has 312 valence electrons. The Labute approximate surface area is 335 Å². The van der Waals surface area contributed by atoms with E-state index in [1.165, 1.54) is 44.9 Å². The molecule has 0 saturated carbocycles. The van der Waals surface area contributed by atoms with Crippen molar-refractivity contribution in [3.8, 4) is 0 Å². The molecule has 8 heteroatoms. The minimum Gasteiger partial charge on any atom is -0.477 e. The highest BCUT2D eigenvalue weighted by molar-refractivity contribution is 5.72. The Morgan fingerprint density at radius 3 is 1.58 bits per heavy atom. The lowest BCUT2D eigenvalue weighted by atomic mass is 10.1. The molecule has 0 bridgehead atoms. The van der Waals surface area contributed by atoms with Gasteiger partial charge in [0.25, 0.3) is 0 Å². The van der Waals surface area contributed by atoms with Gasteiger partial charge in [-0.2, -0.15) is 0 Å². The quantitative estimate of drug-likeness (QED) is 0.0293. The Kier molecular flexibility index (Phi) is 35.1. The Hall–Kier alpha value is -3.49. The van der Waals surface area contributed by atoms with E-state index in [9.17, 15) is 19.5 Å². The summed E-state index contributed by atoms with van der Waals surface area (Å²) in [7, 11) is 5.48. The summed E-state index contributed by atoms with van der Waals surface area (Å²) in [5.74, 6) is -1.60. The molecule has 1 N–H and O–H groups in total. The summed E-state index contributed by atoms with van der Waals surface area (Å²) in [6, 6.07) is -0.632. The molecule has 0 aromatic heterocycles. The Morgan fingerprint density at radius 2 is 1.04 bits per heavy atom. The van der Waals surface area contributed by atoms with Gasteiger partial charge in [-0.25, -0.2) is 4.79 Å². The molecule has 0 radical (unpaired) electrons. The first kappa shape index (κ1) is 51.5. The minimum absolute atomic E-state index is 0.0269. The van der Waals surface area contributed by atoms with E-state index in [4.69, 9.17) is 14.2 Å². The van der Waals surface area contributed by atoms with Crippen LogP contribution in [-0.2, 0) is 28.6 Å². The van der Waals surface area contributed by atoms with Crippen LogP contribution in [0.1, 0.15) is 142 Å². The number of carboxylic acids is 1. The van der Waals surface area contributed by atoms with Crippen molar-refractivity contribution in [2.45, 2.75) is 154 Å². The number of unbranched alkanes of at least 4 members (excludes halogenated alkanes) is 13. The molecule has 55 heavy (non-hydrogen) atoms. The number of rotatable bonds is 36. The molecule has 0 amide bonds. The Balaban J connectivity index is 4.51. The van der Waals surface area contributed by atoms with Gasteiger partial charge >= 0.3 is 17.9 Å². The second-order valence-electron chi connectivity index (χ2n) is 15.0. The van der Waals surface area contributed by atoms with Gasteiger partial charge in [-0.05, 0) is 51.4 Å². The number of allylic oxidation sites excluding steroid dienone is 14. The number of carbonyl (C=O) groups is 3. The number of nitrogens with zero attached hydrogens (tertiary/aromatic N) is 1. The molecular weight excluding hydrogens is 691 g/mol. The van der Waals surface area contributed by atoms with Gasteiger partial charge in [-0.15, -0.1) is 0 Å². The van der Waals surface area contributed by atoms with Crippen LogP contribution < -0.4 is 0 Å². The van der Waals surface area contributed by atoms with Gasteiger partial charge < -0.3 is 23.8 Å². The van der Waals surface area contributed by atoms with Gasteiger partial charge in [-0.1, -0.05) is 157 Å². The molecule has 0 aliphatic heterocycles. The molecule has 8 nitrogen and oxygen atoms in total. The average Bonchev–Trinajstić information content (AvgIpc) is 3.14. The van der Waals surface area contributed by atoms with Crippen LogP contribution in [0.3, 0.4) is 0 Å². The number of esters is 2. The van der Waals surface area contributed by atoms with Crippen LogP contribution in [0.25, 0.3) is 0 Å². The van der Waals surface area contributed by atoms with Crippen LogP contribution in [0.5, 0.6) is 0 Å². The van der Waals surface area contributed by atoms with Crippen molar-refractivity contribution in [1.82, 2.24) is 0 Å². The van der Waals surface area contributed by atoms with Crippen molar-refractivity contribution < 1.29 is 38.2 Å². The third kappa shape index (κ3) is 35.9. The number of carbonyl (C=O) groups excluding carboxylic acids is 2. The molecule has 0 aliphatic carbocycles. The molecule has 0 heterocycles.